The molecule has 0 amide bonds. The molecule has 1 aromatic carbocycles. The smallest absolute Gasteiger partial charge is 0.278 e. The molecule has 146 valence electrons. The molecular weight excluding hydrogens is 388 g/mol. The number of aromatic amines is 2. The summed E-state index contributed by atoms with van der Waals surface area (Å²) in [5.74, 6) is -1.00. The maximum absolute atomic E-state index is 14.9. The van der Waals surface area contributed by atoms with Gasteiger partial charge in [-0.25, -0.2) is 9.37 Å². The first-order valence-electron chi connectivity index (χ1n) is 8.86. The lowest BCUT2D eigenvalue weighted by Gasteiger charge is -2.24. The van der Waals surface area contributed by atoms with Crippen LogP contribution in [0.2, 0.25) is 0 Å². The summed E-state index contributed by atoms with van der Waals surface area (Å²) in [4.78, 5) is 4.32. The largest absolute Gasteiger partial charge is 0.433 e. The number of rotatable bonds is 1. The van der Waals surface area contributed by atoms with Gasteiger partial charge in [-0.15, -0.1) is 0 Å². The minimum Gasteiger partial charge on any atom is -0.278 e. The molecule has 0 aliphatic heterocycles. The van der Waals surface area contributed by atoms with Crippen molar-refractivity contribution in [2.45, 2.75) is 25.4 Å². The van der Waals surface area contributed by atoms with Gasteiger partial charge in [0.05, 0.1) is 41.2 Å². The van der Waals surface area contributed by atoms with Crippen molar-refractivity contribution in [1.82, 2.24) is 25.4 Å². The van der Waals surface area contributed by atoms with Crippen LogP contribution in [0.15, 0.2) is 18.5 Å². The first-order valence-corrected chi connectivity index (χ1v) is 8.86. The summed E-state index contributed by atoms with van der Waals surface area (Å²) in [7, 11) is 0. The molecule has 3 heterocycles. The fourth-order valence-electron chi connectivity index (χ4n) is 4.11. The van der Waals surface area contributed by atoms with E-state index in [4.69, 9.17) is 0 Å². The molecule has 6 nitrogen and oxygen atoms in total. The third kappa shape index (κ3) is 2.57. The Balaban J connectivity index is 1.91. The Hall–Kier alpha value is -3.48. The average molecular weight is 400 g/mol. The summed E-state index contributed by atoms with van der Waals surface area (Å²) in [6, 6.07) is 3.42. The standard InChI is InChI=1S/C19H12F4N6/c20-13-4-14-11(6-25-28-14)15-9-2-1-8(5-24)3-10(9)16(27-17(13)15)12-7-26-29-18(12)19(21,22)23/h4,6-8H,1-3H2,(H,25,28)(H,26,29). The molecular formula is C19H12F4N6. The van der Waals surface area contributed by atoms with Crippen molar-refractivity contribution in [2.75, 3.05) is 0 Å². The van der Waals surface area contributed by atoms with Crippen molar-refractivity contribution in [3.05, 3.63) is 41.1 Å². The number of pyridine rings is 1. The monoisotopic (exact) mass is 400 g/mol. The number of aromatic nitrogens is 5. The van der Waals surface area contributed by atoms with E-state index in [9.17, 15) is 22.8 Å². The topological polar surface area (TPSA) is 94.0 Å². The predicted octanol–water partition coefficient (Wildman–Crippen LogP) is 4.29. The molecule has 1 aliphatic carbocycles. The minimum absolute atomic E-state index is 0.00951. The van der Waals surface area contributed by atoms with E-state index in [0.717, 1.165) is 6.20 Å². The van der Waals surface area contributed by atoms with Gasteiger partial charge in [-0.3, -0.25) is 10.2 Å². The van der Waals surface area contributed by atoms with Crippen molar-refractivity contribution in [3.8, 4) is 17.3 Å². The summed E-state index contributed by atoms with van der Waals surface area (Å²) in [6.45, 7) is 0. The molecule has 4 aromatic rings. The zero-order chi connectivity index (χ0) is 20.3. The average Bonchev–Trinajstić information content (AvgIpc) is 3.35. The van der Waals surface area contributed by atoms with Crippen LogP contribution in [0.25, 0.3) is 33.1 Å². The molecule has 0 spiro atoms. The van der Waals surface area contributed by atoms with Crippen molar-refractivity contribution in [1.29, 1.82) is 5.26 Å². The van der Waals surface area contributed by atoms with Crippen molar-refractivity contribution < 1.29 is 17.6 Å². The SMILES string of the molecule is N#CC1CCc2c(c(-c3cn[nH]c3C(F)(F)F)nc3c(F)cc4[nH]ncc4c23)C1. The van der Waals surface area contributed by atoms with Gasteiger partial charge in [-0.1, -0.05) is 0 Å². The van der Waals surface area contributed by atoms with E-state index in [0.29, 0.717) is 40.3 Å². The van der Waals surface area contributed by atoms with Crippen LogP contribution in [0.5, 0.6) is 0 Å². The lowest BCUT2D eigenvalue weighted by Crippen LogP contribution is -2.16. The molecule has 3 aromatic heterocycles. The highest BCUT2D eigenvalue weighted by molar-refractivity contribution is 6.08. The van der Waals surface area contributed by atoms with Gasteiger partial charge in [0, 0.05) is 16.8 Å². The van der Waals surface area contributed by atoms with E-state index < -0.39 is 17.7 Å². The van der Waals surface area contributed by atoms with Gasteiger partial charge in [0.25, 0.3) is 0 Å². The summed E-state index contributed by atoms with van der Waals surface area (Å²) < 4.78 is 55.2. The number of nitriles is 1. The number of aryl methyl sites for hydroxylation is 1. The van der Waals surface area contributed by atoms with Crippen LogP contribution >= 0.6 is 0 Å². The third-order valence-electron chi connectivity index (χ3n) is 5.40. The molecule has 1 atom stereocenters. The summed E-state index contributed by atoms with van der Waals surface area (Å²) in [6.07, 6.45) is -0.873. The van der Waals surface area contributed by atoms with Crippen LogP contribution in [-0.2, 0) is 19.0 Å². The maximum atomic E-state index is 14.9. The van der Waals surface area contributed by atoms with Gasteiger partial charge in [-0.2, -0.15) is 28.6 Å². The van der Waals surface area contributed by atoms with Gasteiger partial charge >= 0.3 is 6.18 Å². The van der Waals surface area contributed by atoms with Crippen molar-refractivity contribution in [3.63, 3.8) is 0 Å². The fraction of sp³-hybridized carbons (Fsp3) is 0.263. The number of halogens is 4. The number of alkyl halides is 3. The Morgan fingerprint density at radius 2 is 1.93 bits per heavy atom. The highest BCUT2D eigenvalue weighted by Crippen LogP contribution is 2.42. The zero-order valence-corrected chi connectivity index (χ0v) is 14.7. The van der Waals surface area contributed by atoms with E-state index in [-0.39, 0.29) is 29.1 Å². The Labute approximate surface area is 160 Å². The number of benzene rings is 1. The van der Waals surface area contributed by atoms with Crippen LogP contribution in [0.4, 0.5) is 17.6 Å². The Morgan fingerprint density at radius 1 is 1.14 bits per heavy atom. The number of hydrogen-bond acceptors (Lipinski definition) is 4. The first kappa shape index (κ1) is 17.6. The van der Waals surface area contributed by atoms with Crippen LogP contribution in [-0.4, -0.2) is 25.4 Å². The Bertz CT molecular complexity index is 1310. The second-order valence-electron chi connectivity index (χ2n) is 7.06. The molecule has 10 heteroatoms. The zero-order valence-electron chi connectivity index (χ0n) is 14.7. The molecule has 0 saturated carbocycles. The van der Waals surface area contributed by atoms with Crippen LogP contribution < -0.4 is 0 Å². The summed E-state index contributed by atoms with van der Waals surface area (Å²) >= 11 is 0. The lowest BCUT2D eigenvalue weighted by atomic mass is 9.80. The quantitative estimate of drug-likeness (QED) is 0.466. The Kier molecular flexibility index (Phi) is 3.65. The summed E-state index contributed by atoms with van der Waals surface area (Å²) in [5, 5.41) is 22.7. The highest BCUT2D eigenvalue weighted by atomic mass is 19.4. The third-order valence-corrected chi connectivity index (χ3v) is 5.40. The molecule has 5 rings (SSSR count). The second-order valence-corrected chi connectivity index (χ2v) is 7.06. The lowest BCUT2D eigenvalue weighted by molar-refractivity contribution is -0.140. The maximum Gasteiger partial charge on any atom is 0.433 e. The van der Waals surface area contributed by atoms with E-state index in [2.05, 4.69) is 26.3 Å². The van der Waals surface area contributed by atoms with Crippen molar-refractivity contribution in [2.24, 2.45) is 5.92 Å². The van der Waals surface area contributed by atoms with E-state index in [1.165, 1.54) is 6.07 Å². The van der Waals surface area contributed by atoms with Gasteiger partial charge in [-0.05, 0) is 30.4 Å². The highest BCUT2D eigenvalue weighted by Gasteiger charge is 2.38. The van der Waals surface area contributed by atoms with Gasteiger partial charge in [0.1, 0.15) is 11.2 Å². The molecule has 0 fully saturated rings. The Morgan fingerprint density at radius 3 is 2.69 bits per heavy atom. The van der Waals surface area contributed by atoms with Gasteiger partial charge < -0.3 is 0 Å². The van der Waals surface area contributed by atoms with Crippen molar-refractivity contribution >= 4 is 21.8 Å². The first-order chi connectivity index (χ1) is 13.9. The molecule has 0 radical (unpaired) electrons. The number of nitrogens with one attached hydrogen (secondary N) is 2. The molecule has 0 saturated heterocycles. The second kappa shape index (κ2) is 6.01. The fourth-order valence-corrected chi connectivity index (χ4v) is 4.11. The van der Waals surface area contributed by atoms with E-state index in [1.54, 1.807) is 6.20 Å². The van der Waals surface area contributed by atoms with Crippen LogP contribution in [0, 0.1) is 23.1 Å². The molecule has 2 N–H and O–H groups in total. The number of nitrogens with zero attached hydrogens (tertiary/aromatic N) is 4. The van der Waals surface area contributed by atoms with Gasteiger partial charge in [0.15, 0.2) is 5.82 Å². The minimum atomic E-state index is -4.67. The molecule has 1 unspecified atom stereocenters. The number of H-pyrrole nitrogens is 2. The predicted molar refractivity (Wildman–Crippen MR) is 95.1 cm³/mol. The van der Waals surface area contributed by atoms with Crippen LogP contribution in [0.3, 0.4) is 0 Å². The van der Waals surface area contributed by atoms with E-state index >= 15 is 0 Å². The number of fused-ring (bicyclic) bond motifs is 5. The molecule has 1 aliphatic rings. The molecule has 29 heavy (non-hydrogen) atoms. The summed E-state index contributed by atoms with van der Waals surface area (Å²) in [5.41, 5.74) is 0.407. The normalized spacial score (nSPS) is 16.9. The van der Waals surface area contributed by atoms with Crippen LogP contribution in [0.1, 0.15) is 23.2 Å². The van der Waals surface area contributed by atoms with E-state index in [1.807, 2.05) is 5.10 Å². The van der Waals surface area contributed by atoms with Gasteiger partial charge in [0.2, 0.25) is 0 Å². The number of hydrogen-bond donors (Lipinski definition) is 2. The molecule has 0 bridgehead atoms.